The predicted molar refractivity (Wildman–Crippen MR) is 49.5 cm³/mol. The van der Waals surface area contributed by atoms with Crippen LogP contribution in [0.5, 0.6) is 0 Å². The fourth-order valence-electron chi connectivity index (χ4n) is 1.40. The summed E-state index contributed by atoms with van der Waals surface area (Å²) in [5.74, 6) is -2.72. The van der Waals surface area contributed by atoms with Crippen molar-refractivity contribution in [3.05, 3.63) is 0 Å². The molecule has 0 saturated carbocycles. The maximum Gasteiger partial charge on any atom is 0.400 e. The van der Waals surface area contributed by atoms with E-state index >= 15 is 0 Å². The summed E-state index contributed by atoms with van der Waals surface area (Å²) in [5, 5.41) is 37.1. The van der Waals surface area contributed by atoms with Crippen molar-refractivity contribution in [1.82, 2.24) is 0 Å². The minimum Gasteiger partial charge on any atom is -0.391 e. The van der Waals surface area contributed by atoms with Crippen molar-refractivity contribution < 1.29 is 42.3 Å². The van der Waals surface area contributed by atoms with E-state index in [9.17, 15) is 23.7 Å². The third kappa shape index (κ3) is 2.90. The van der Waals surface area contributed by atoms with Crippen LogP contribution >= 0.6 is 0 Å². The van der Waals surface area contributed by atoms with E-state index in [1.165, 1.54) is 0 Å². The van der Waals surface area contributed by atoms with Gasteiger partial charge in [0.05, 0.1) is 6.04 Å². The molecule has 0 aromatic carbocycles. The molecule has 0 radical (unpaired) electrons. The Morgan fingerprint density at radius 3 is 2.29 bits per heavy atom. The molecule has 1 rings (SSSR count). The van der Waals surface area contributed by atoms with Gasteiger partial charge in [0.1, 0.15) is 18.8 Å². The number of rotatable bonds is 3. The fourth-order valence-corrected chi connectivity index (χ4v) is 1.94. The molecule has 1 heterocycles. The van der Waals surface area contributed by atoms with Gasteiger partial charge in [-0.25, -0.2) is 4.18 Å². The first kappa shape index (κ1) is 14.7. The van der Waals surface area contributed by atoms with Crippen LogP contribution in [0, 0.1) is 0 Å². The minimum absolute atomic E-state index is 1.26. The molecule has 1 aliphatic heterocycles. The van der Waals surface area contributed by atoms with Crippen LogP contribution in [0.25, 0.3) is 0 Å². The third-order valence-corrected chi connectivity index (χ3v) is 2.78. The Labute approximate surface area is 96.1 Å². The zero-order valence-corrected chi connectivity index (χ0v) is 9.19. The first-order valence-electron chi connectivity index (χ1n) is 4.39. The van der Waals surface area contributed by atoms with Crippen molar-refractivity contribution in [1.29, 1.82) is 0 Å². The Kier molecular flexibility index (Phi) is 4.08. The van der Waals surface area contributed by atoms with Gasteiger partial charge in [-0.2, -0.15) is 8.42 Å². The number of ether oxygens (including phenoxy) is 1. The molecule has 5 atom stereocenters. The smallest absolute Gasteiger partial charge is 0.391 e. The topological polar surface area (TPSA) is 180 Å². The normalized spacial score (nSPS) is 43.6. The van der Waals surface area contributed by atoms with Gasteiger partial charge in [0.2, 0.25) is 5.79 Å². The van der Waals surface area contributed by atoms with Crippen LogP contribution in [-0.2, 0) is 19.3 Å². The molecule has 1 fully saturated rings. The van der Waals surface area contributed by atoms with Crippen molar-refractivity contribution in [3.63, 3.8) is 0 Å². The summed E-state index contributed by atoms with van der Waals surface area (Å²) in [5.41, 5.74) is 5.22. The molecule has 0 aliphatic carbocycles. The zero-order chi connectivity index (χ0) is 13.4. The highest BCUT2D eigenvalue weighted by Crippen LogP contribution is 2.30. The lowest BCUT2D eigenvalue weighted by Gasteiger charge is -2.44. The highest BCUT2D eigenvalue weighted by Gasteiger charge is 2.55. The molecule has 17 heavy (non-hydrogen) atoms. The molecule has 0 spiro atoms. The lowest BCUT2D eigenvalue weighted by Crippen LogP contribution is -2.69. The highest BCUT2D eigenvalue weighted by atomic mass is 32.3. The standard InChI is InChI=1S/C6H13NO9S/c7-2-3(9)4(10)6(1-8,15-5(2)11)16-17(12,13)14/h2-5,8-11H,1,7H2,(H,12,13,14)/t2-,3-,4+,5-,6-/m1/s1. The monoisotopic (exact) mass is 275 g/mol. The van der Waals surface area contributed by atoms with Gasteiger partial charge in [0.15, 0.2) is 6.29 Å². The molecule has 0 aromatic heterocycles. The van der Waals surface area contributed by atoms with Gasteiger partial charge in [0.25, 0.3) is 0 Å². The number of hydrogen-bond donors (Lipinski definition) is 6. The van der Waals surface area contributed by atoms with Crippen LogP contribution in [0.2, 0.25) is 0 Å². The molecule has 11 heteroatoms. The molecule has 102 valence electrons. The summed E-state index contributed by atoms with van der Waals surface area (Å²) >= 11 is 0. The summed E-state index contributed by atoms with van der Waals surface area (Å²) in [6, 6.07) is -1.44. The quantitative estimate of drug-likeness (QED) is 0.277. The number of nitrogens with two attached hydrogens (primary N) is 1. The second-order valence-corrected chi connectivity index (χ2v) is 4.52. The van der Waals surface area contributed by atoms with E-state index in [0.29, 0.717) is 0 Å². The van der Waals surface area contributed by atoms with Gasteiger partial charge in [-0.05, 0) is 0 Å². The van der Waals surface area contributed by atoms with E-state index in [-0.39, 0.29) is 0 Å². The Bertz CT molecular complexity index is 372. The maximum atomic E-state index is 10.5. The Balaban J connectivity index is 3.06. The highest BCUT2D eigenvalue weighted by molar-refractivity contribution is 7.80. The maximum absolute atomic E-state index is 10.5. The van der Waals surface area contributed by atoms with E-state index in [1.54, 1.807) is 0 Å². The molecule has 0 bridgehead atoms. The summed E-state index contributed by atoms with van der Waals surface area (Å²) in [7, 11) is -5.10. The van der Waals surface area contributed by atoms with Crippen LogP contribution in [0.4, 0.5) is 0 Å². The number of hydrogen-bond acceptors (Lipinski definition) is 9. The molecule has 1 saturated heterocycles. The van der Waals surface area contributed by atoms with Crippen LogP contribution in [0.15, 0.2) is 0 Å². The van der Waals surface area contributed by atoms with Gasteiger partial charge in [-0.1, -0.05) is 0 Å². The van der Waals surface area contributed by atoms with Gasteiger partial charge < -0.3 is 30.9 Å². The van der Waals surface area contributed by atoms with E-state index in [1.807, 2.05) is 0 Å². The van der Waals surface area contributed by atoms with Gasteiger partial charge >= 0.3 is 10.4 Å². The molecule has 1 aliphatic rings. The second kappa shape index (κ2) is 4.72. The summed E-state index contributed by atoms with van der Waals surface area (Å²) in [6.45, 7) is -1.26. The SMILES string of the molecule is N[C@@H]1[C@@H](O)[C@H](O)[C@@](CO)(OS(=O)(=O)O)O[C@H]1O. The minimum atomic E-state index is -5.10. The van der Waals surface area contributed by atoms with E-state index in [0.717, 1.165) is 0 Å². The third-order valence-electron chi connectivity index (χ3n) is 2.28. The van der Waals surface area contributed by atoms with Gasteiger partial charge in [0, 0.05) is 0 Å². The first-order valence-corrected chi connectivity index (χ1v) is 5.76. The van der Waals surface area contributed by atoms with Crippen LogP contribution < -0.4 is 5.73 Å². The van der Waals surface area contributed by atoms with E-state index < -0.39 is 47.3 Å². The summed E-state index contributed by atoms with van der Waals surface area (Å²) in [6.07, 6.45) is -5.82. The van der Waals surface area contributed by atoms with Gasteiger partial charge in [-0.15, -0.1) is 0 Å². The van der Waals surface area contributed by atoms with Gasteiger partial charge in [-0.3, -0.25) is 4.55 Å². The van der Waals surface area contributed by atoms with Crippen molar-refractivity contribution >= 4 is 10.4 Å². The molecule has 0 aromatic rings. The van der Waals surface area contributed by atoms with Crippen LogP contribution in [0.3, 0.4) is 0 Å². The fraction of sp³-hybridized carbons (Fsp3) is 1.00. The second-order valence-electron chi connectivity index (χ2n) is 3.50. The number of aliphatic hydroxyl groups excluding tert-OH is 4. The van der Waals surface area contributed by atoms with Crippen molar-refractivity contribution in [2.45, 2.75) is 30.3 Å². The predicted octanol–water partition coefficient (Wildman–Crippen LogP) is -4.11. The molecule has 0 unspecified atom stereocenters. The van der Waals surface area contributed by atoms with Crippen molar-refractivity contribution in [3.8, 4) is 0 Å². The largest absolute Gasteiger partial charge is 0.400 e. The molecule has 10 nitrogen and oxygen atoms in total. The average Bonchev–Trinajstić information content (AvgIpc) is 2.21. The summed E-state index contributed by atoms with van der Waals surface area (Å²) < 4.78 is 38.0. The molecule has 7 N–H and O–H groups in total. The Morgan fingerprint density at radius 2 is 1.88 bits per heavy atom. The Hall–Kier alpha value is -0.370. The lowest BCUT2D eigenvalue weighted by atomic mass is 9.95. The zero-order valence-electron chi connectivity index (χ0n) is 8.37. The van der Waals surface area contributed by atoms with Crippen LogP contribution in [-0.4, -0.2) is 70.3 Å². The average molecular weight is 275 g/mol. The molecular weight excluding hydrogens is 262 g/mol. The van der Waals surface area contributed by atoms with Crippen LogP contribution in [0.1, 0.15) is 0 Å². The van der Waals surface area contributed by atoms with E-state index in [4.69, 9.17) is 15.4 Å². The lowest BCUT2D eigenvalue weighted by molar-refractivity contribution is -0.359. The van der Waals surface area contributed by atoms with Crippen molar-refractivity contribution in [2.24, 2.45) is 5.73 Å². The molecular formula is C6H13NO9S. The summed E-state index contributed by atoms with van der Waals surface area (Å²) in [4.78, 5) is 0. The van der Waals surface area contributed by atoms with Crippen molar-refractivity contribution in [2.75, 3.05) is 6.61 Å². The number of aliphatic hydroxyl groups is 4. The molecule has 0 amide bonds. The Morgan fingerprint density at radius 1 is 1.35 bits per heavy atom. The van der Waals surface area contributed by atoms with E-state index in [2.05, 4.69) is 8.92 Å². The first-order chi connectivity index (χ1) is 7.63.